The molecule has 0 fully saturated rings. The number of hydrogen-bond donors (Lipinski definition) is 0. The Morgan fingerprint density at radius 3 is 2.17 bits per heavy atom. The van der Waals surface area contributed by atoms with Crippen molar-refractivity contribution >= 4 is 32.9 Å². The smallest absolute Gasteiger partial charge is 0.284 e. The fourth-order valence-corrected chi connectivity index (χ4v) is 3.22. The number of hydrogen-bond acceptors (Lipinski definition) is 4. The van der Waals surface area contributed by atoms with Crippen LogP contribution in [0, 0.1) is 0 Å². The van der Waals surface area contributed by atoms with E-state index in [2.05, 4.69) is 9.39 Å². The van der Waals surface area contributed by atoms with Crippen LogP contribution in [0.3, 0.4) is 0 Å². The maximum atomic E-state index is 12.5. The average Bonchev–Trinajstić information content (AvgIpc) is 2.62. The van der Waals surface area contributed by atoms with Crippen molar-refractivity contribution in [1.29, 1.82) is 0 Å². The van der Waals surface area contributed by atoms with Crippen LogP contribution in [-0.4, -0.2) is 32.3 Å². The van der Waals surface area contributed by atoms with Gasteiger partial charge in [-0.2, -0.15) is 13.4 Å². The van der Waals surface area contributed by atoms with Crippen molar-refractivity contribution in [2.45, 2.75) is 11.8 Å². The van der Waals surface area contributed by atoms with Crippen LogP contribution in [0.1, 0.15) is 12.5 Å². The van der Waals surface area contributed by atoms with Crippen LogP contribution in [0.4, 0.5) is 0 Å². The summed E-state index contributed by atoms with van der Waals surface area (Å²) in [4.78, 5) is 4.41. The zero-order valence-corrected chi connectivity index (χ0v) is 15.0. The molecule has 5 nitrogen and oxygen atoms in total. The second-order valence-electron chi connectivity index (χ2n) is 4.58. The maximum Gasteiger partial charge on any atom is 0.284 e. The van der Waals surface area contributed by atoms with Crippen molar-refractivity contribution in [3.63, 3.8) is 0 Å². The second kappa shape index (κ2) is 8.65. The minimum atomic E-state index is -3.86. The van der Waals surface area contributed by atoms with Gasteiger partial charge in [-0.1, -0.05) is 60.3 Å². The molecule has 0 bridgehead atoms. The Labute approximate surface area is 146 Å². The quantitative estimate of drug-likeness (QED) is 0.616. The van der Waals surface area contributed by atoms with Crippen LogP contribution in [0.2, 0.25) is 0 Å². The molecule has 0 aliphatic carbocycles. The van der Waals surface area contributed by atoms with Gasteiger partial charge in [0.25, 0.3) is 15.3 Å². The van der Waals surface area contributed by atoms with E-state index in [1.165, 1.54) is 23.9 Å². The van der Waals surface area contributed by atoms with Crippen LogP contribution in [-0.2, 0) is 14.8 Å². The van der Waals surface area contributed by atoms with Crippen molar-refractivity contribution in [3.05, 3.63) is 66.2 Å². The van der Waals surface area contributed by atoms with Gasteiger partial charge < -0.3 is 4.74 Å². The number of nitrogens with zero attached hydrogens (tertiary/aromatic N) is 2. The number of benzene rings is 2. The van der Waals surface area contributed by atoms with Gasteiger partial charge in [-0.25, -0.2) is 0 Å². The number of ether oxygens (including phenoxy) is 1. The maximum absolute atomic E-state index is 12.5. The minimum Gasteiger partial charge on any atom is -0.473 e. The average molecular weight is 362 g/mol. The largest absolute Gasteiger partial charge is 0.473 e. The van der Waals surface area contributed by atoms with E-state index < -0.39 is 10.0 Å². The molecule has 2 aromatic rings. The zero-order valence-electron chi connectivity index (χ0n) is 13.4. The van der Waals surface area contributed by atoms with Gasteiger partial charge in [0, 0.05) is 5.56 Å². The molecule has 7 heteroatoms. The van der Waals surface area contributed by atoms with Crippen LogP contribution >= 0.6 is 11.8 Å². The lowest BCUT2D eigenvalue weighted by atomic mass is 10.2. The summed E-state index contributed by atoms with van der Waals surface area (Å²) in [6, 6.07) is 17.0. The van der Waals surface area contributed by atoms with E-state index in [0.29, 0.717) is 17.4 Å². The van der Waals surface area contributed by atoms with Gasteiger partial charge >= 0.3 is 0 Å². The van der Waals surface area contributed by atoms with E-state index in [4.69, 9.17) is 4.74 Å². The standard InChI is InChI=1S/C17H18N2O3S2/c1-3-22-17(23-2)18-16(14-10-6-4-7-11-14)19-24(20,21)15-12-8-5-9-13-15/h4-13H,3H2,1-2H3. The Morgan fingerprint density at radius 2 is 1.62 bits per heavy atom. The Kier molecular flexibility index (Phi) is 6.57. The highest BCUT2D eigenvalue weighted by molar-refractivity contribution is 8.13. The summed E-state index contributed by atoms with van der Waals surface area (Å²) in [5, 5.41) is 0.364. The van der Waals surface area contributed by atoms with Crippen molar-refractivity contribution in [2.24, 2.45) is 9.39 Å². The van der Waals surface area contributed by atoms with E-state index in [-0.39, 0.29) is 10.7 Å². The molecule has 2 aromatic carbocycles. The van der Waals surface area contributed by atoms with Crippen LogP contribution in [0.5, 0.6) is 0 Å². The van der Waals surface area contributed by atoms with E-state index >= 15 is 0 Å². The number of rotatable bonds is 4. The Morgan fingerprint density at radius 1 is 1.04 bits per heavy atom. The molecule has 0 aromatic heterocycles. The van der Waals surface area contributed by atoms with E-state index in [1.54, 1.807) is 42.5 Å². The summed E-state index contributed by atoms with van der Waals surface area (Å²) in [7, 11) is -3.86. The Balaban J connectivity index is 2.54. The van der Waals surface area contributed by atoms with Gasteiger partial charge in [0.05, 0.1) is 11.5 Å². The number of thioether (sulfide) groups is 1. The first kappa shape index (κ1) is 18.2. The molecule has 0 aliphatic rings. The van der Waals surface area contributed by atoms with Crippen LogP contribution in [0.25, 0.3) is 0 Å². The van der Waals surface area contributed by atoms with Gasteiger partial charge in [-0.3, -0.25) is 0 Å². The normalized spacial score (nSPS) is 12.9. The summed E-state index contributed by atoms with van der Waals surface area (Å²) in [5.41, 5.74) is 0.600. The lowest BCUT2D eigenvalue weighted by Crippen LogP contribution is -2.09. The highest BCUT2D eigenvalue weighted by atomic mass is 32.2. The molecule has 0 unspecified atom stereocenters. The predicted molar refractivity (Wildman–Crippen MR) is 99.2 cm³/mol. The van der Waals surface area contributed by atoms with E-state index in [0.717, 1.165) is 0 Å². The lowest BCUT2D eigenvalue weighted by Gasteiger charge is -2.07. The highest BCUT2D eigenvalue weighted by Gasteiger charge is 2.15. The molecule has 0 radical (unpaired) electrons. The fourth-order valence-electron chi connectivity index (χ4n) is 1.83. The van der Waals surface area contributed by atoms with Gasteiger partial charge in [0.2, 0.25) is 0 Å². The first-order valence-corrected chi connectivity index (χ1v) is 9.94. The third-order valence-electron chi connectivity index (χ3n) is 2.92. The Hall–Kier alpha value is -2.12. The second-order valence-corrected chi connectivity index (χ2v) is 6.95. The zero-order chi connectivity index (χ0) is 17.4. The number of sulfonamides is 1. The molecular formula is C17H18N2O3S2. The van der Waals surface area contributed by atoms with E-state index in [1.807, 2.05) is 19.2 Å². The number of amidine groups is 1. The van der Waals surface area contributed by atoms with E-state index in [9.17, 15) is 8.42 Å². The van der Waals surface area contributed by atoms with Crippen molar-refractivity contribution in [2.75, 3.05) is 12.9 Å². The fraction of sp³-hybridized carbons (Fsp3) is 0.176. The highest BCUT2D eigenvalue weighted by Crippen LogP contribution is 2.15. The molecule has 0 aliphatic heterocycles. The molecule has 0 saturated carbocycles. The molecule has 0 N–H and O–H groups in total. The molecule has 24 heavy (non-hydrogen) atoms. The summed E-state index contributed by atoms with van der Waals surface area (Å²) >= 11 is 1.29. The van der Waals surface area contributed by atoms with Crippen molar-refractivity contribution < 1.29 is 13.2 Å². The van der Waals surface area contributed by atoms with Gasteiger partial charge in [0.1, 0.15) is 0 Å². The molecule has 126 valence electrons. The molecule has 0 saturated heterocycles. The SMILES string of the molecule is CCOC(=NC(=NS(=O)(=O)c1ccccc1)c1ccccc1)SC. The monoisotopic (exact) mass is 362 g/mol. The first-order valence-electron chi connectivity index (χ1n) is 7.27. The van der Waals surface area contributed by atoms with Gasteiger partial charge in [-0.05, 0) is 25.3 Å². The van der Waals surface area contributed by atoms with Gasteiger partial charge in [0.15, 0.2) is 5.84 Å². The summed E-state index contributed by atoms with van der Waals surface area (Å²) < 4.78 is 34.4. The van der Waals surface area contributed by atoms with Crippen molar-refractivity contribution in [1.82, 2.24) is 0 Å². The third-order valence-corrected chi connectivity index (χ3v) is 4.76. The van der Waals surface area contributed by atoms with Crippen molar-refractivity contribution in [3.8, 4) is 0 Å². The first-order chi connectivity index (χ1) is 11.6. The minimum absolute atomic E-state index is 0.0947. The summed E-state index contributed by atoms with van der Waals surface area (Å²) in [5.74, 6) is 0.0947. The van der Waals surface area contributed by atoms with Crippen LogP contribution in [0.15, 0.2) is 74.9 Å². The van der Waals surface area contributed by atoms with Gasteiger partial charge in [-0.15, -0.1) is 4.40 Å². The molecule has 2 rings (SSSR count). The van der Waals surface area contributed by atoms with Crippen LogP contribution < -0.4 is 0 Å². The molecule has 0 spiro atoms. The molecular weight excluding hydrogens is 344 g/mol. The summed E-state index contributed by atoms with van der Waals surface area (Å²) in [6.45, 7) is 2.28. The lowest BCUT2D eigenvalue weighted by molar-refractivity contribution is 0.338. The number of aliphatic imine (C=N–C) groups is 1. The molecule has 0 atom stereocenters. The molecule has 0 heterocycles. The topological polar surface area (TPSA) is 68.1 Å². The third kappa shape index (κ3) is 4.94. The molecule has 0 amide bonds. The predicted octanol–water partition coefficient (Wildman–Crippen LogP) is 3.58. The summed E-state index contributed by atoms with van der Waals surface area (Å²) in [6.07, 6.45) is 1.81. The Bertz CT molecular complexity index is 817.